The molecule has 0 N–H and O–H groups in total. The highest BCUT2D eigenvalue weighted by Gasteiger charge is 2.14. The summed E-state index contributed by atoms with van der Waals surface area (Å²) in [4.78, 5) is 0. The van der Waals surface area contributed by atoms with Gasteiger partial charge in [-0.2, -0.15) is 0 Å². The Morgan fingerprint density at radius 1 is 1.31 bits per heavy atom. The van der Waals surface area contributed by atoms with Gasteiger partial charge >= 0.3 is 0 Å². The molecular formula is C12H20ClN3. The Morgan fingerprint density at radius 2 is 2.12 bits per heavy atom. The molecule has 1 aromatic heterocycles. The number of rotatable bonds is 5. The van der Waals surface area contributed by atoms with Crippen molar-refractivity contribution in [2.45, 2.75) is 51.5 Å². The maximum absolute atomic E-state index is 5.66. The molecule has 0 aromatic carbocycles. The van der Waals surface area contributed by atoms with Crippen molar-refractivity contribution in [3.63, 3.8) is 0 Å². The number of nitrogens with zero attached hydrogens (tertiary/aromatic N) is 3. The van der Waals surface area contributed by atoms with Gasteiger partial charge in [-0.15, -0.1) is 16.7 Å². The van der Waals surface area contributed by atoms with Gasteiger partial charge in [0.15, 0.2) is 0 Å². The third-order valence-corrected chi connectivity index (χ3v) is 3.59. The lowest BCUT2D eigenvalue weighted by Gasteiger charge is -2.20. The number of alkyl halides is 1. The molecule has 1 fully saturated rings. The molecule has 1 heterocycles. The number of aromatic nitrogens is 3. The maximum Gasteiger partial charge on any atom is 0.0827 e. The molecule has 4 heteroatoms. The lowest BCUT2D eigenvalue weighted by atomic mass is 9.89. The predicted molar refractivity (Wildman–Crippen MR) is 65.6 cm³/mol. The van der Waals surface area contributed by atoms with Crippen LogP contribution in [0.4, 0.5) is 0 Å². The van der Waals surface area contributed by atoms with E-state index < -0.39 is 0 Å². The van der Waals surface area contributed by atoms with Crippen LogP contribution in [0.3, 0.4) is 0 Å². The minimum absolute atomic E-state index is 0.704. The molecule has 0 unspecified atom stereocenters. The van der Waals surface area contributed by atoms with Gasteiger partial charge in [-0.05, 0) is 31.6 Å². The van der Waals surface area contributed by atoms with Crippen LogP contribution >= 0.6 is 11.6 Å². The highest BCUT2D eigenvalue weighted by Crippen LogP contribution is 2.24. The Balaban J connectivity index is 1.81. The van der Waals surface area contributed by atoms with Crippen LogP contribution < -0.4 is 0 Å². The van der Waals surface area contributed by atoms with Gasteiger partial charge in [0, 0.05) is 18.6 Å². The molecule has 0 bridgehead atoms. The van der Waals surface area contributed by atoms with Gasteiger partial charge in [-0.1, -0.05) is 24.5 Å². The van der Waals surface area contributed by atoms with Crippen LogP contribution in [0.5, 0.6) is 0 Å². The lowest BCUT2D eigenvalue weighted by molar-refractivity contribution is 0.305. The van der Waals surface area contributed by atoms with E-state index >= 15 is 0 Å². The van der Waals surface area contributed by atoms with E-state index in [0.29, 0.717) is 5.88 Å². The number of hydrogen-bond donors (Lipinski definition) is 0. The lowest BCUT2D eigenvalue weighted by Crippen LogP contribution is -2.14. The third kappa shape index (κ3) is 3.48. The van der Waals surface area contributed by atoms with Crippen LogP contribution in [0.1, 0.15) is 44.2 Å². The SMILES string of the molecule is ClCCCc1cn(CC2CCCCC2)nn1. The Bertz CT molecular complexity index is 305. The molecule has 1 aliphatic carbocycles. The second-order valence-corrected chi connectivity index (χ2v) is 5.11. The minimum Gasteiger partial charge on any atom is -0.252 e. The zero-order chi connectivity index (χ0) is 11.2. The Morgan fingerprint density at radius 3 is 2.88 bits per heavy atom. The van der Waals surface area contributed by atoms with E-state index in [0.717, 1.165) is 31.0 Å². The van der Waals surface area contributed by atoms with Crippen LogP contribution in [0.15, 0.2) is 6.20 Å². The van der Waals surface area contributed by atoms with E-state index in [2.05, 4.69) is 16.5 Å². The largest absolute Gasteiger partial charge is 0.252 e. The topological polar surface area (TPSA) is 30.7 Å². The first-order valence-corrected chi connectivity index (χ1v) is 6.87. The maximum atomic E-state index is 5.66. The molecule has 2 rings (SSSR count). The molecule has 1 aliphatic rings. The second kappa shape index (κ2) is 6.24. The van der Waals surface area contributed by atoms with Gasteiger partial charge in [0.2, 0.25) is 0 Å². The standard InChI is InChI=1S/C12H20ClN3/c13-8-4-7-12-10-16(15-14-12)9-11-5-2-1-3-6-11/h10-11H,1-9H2. The molecular weight excluding hydrogens is 222 g/mol. The number of halogens is 1. The van der Waals surface area contributed by atoms with Gasteiger partial charge in [-0.3, -0.25) is 4.68 Å². The molecule has 0 atom stereocenters. The summed E-state index contributed by atoms with van der Waals surface area (Å²) in [6.07, 6.45) is 10.9. The predicted octanol–water partition coefficient (Wildman–Crippen LogP) is 3.03. The molecule has 1 saturated carbocycles. The minimum atomic E-state index is 0.704. The first-order valence-electron chi connectivity index (χ1n) is 6.33. The van der Waals surface area contributed by atoms with E-state index in [9.17, 15) is 0 Å². The Labute approximate surface area is 102 Å². The molecule has 3 nitrogen and oxygen atoms in total. The van der Waals surface area contributed by atoms with E-state index in [4.69, 9.17) is 11.6 Å². The quantitative estimate of drug-likeness (QED) is 0.742. The average molecular weight is 242 g/mol. The normalized spacial score (nSPS) is 17.8. The fraction of sp³-hybridized carbons (Fsp3) is 0.833. The van der Waals surface area contributed by atoms with Crippen LogP contribution in [-0.2, 0) is 13.0 Å². The van der Waals surface area contributed by atoms with Crippen LogP contribution in [-0.4, -0.2) is 20.9 Å². The first kappa shape index (κ1) is 11.9. The van der Waals surface area contributed by atoms with E-state index in [1.807, 2.05) is 4.68 Å². The van der Waals surface area contributed by atoms with Crippen LogP contribution in [0.2, 0.25) is 0 Å². The molecule has 0 saturated heterocycles. The van der Waals surface area contributed by atoms with E-state index in [1.165, 1.54) is 32.1 Å². The van der Waals surface area contributed by atoms with Crippen molar-refractivity contribution in [2.24, 2.45) is 5.92 Å². The van der Waals surface area contributed by atoms with Gasteiger partial charge < -0.3 is 0 Å². The summed E-state index contributed by atoms with van der Waals surface area (Å²) >= 11 is 5.66. The van der Waals surface area contributed by atoms with Crippen molar-refractivity contribution >= 4 is 11.6 Å². The van der Waals surface area contributed by atoms with Gasteiger partial charge in [-0.25, -0.2) is 0 Å². The highest BCUT2D eigenvalue weighted by molar-refractivity contribution is 6.17. The van der Waals surface area contributed by atoms with Gasteiger partial charge in [0.05, 0.1) is 5.69 Å². The van der Waals surface area contributed by atoms with Crippen molar-refractivity contribution in [1.82, 2.24) is 15.0 Å². The first-order chi connectivity index (χ1) is 7.88. The summed E-state index contributed by atoms with van der Waals surface area (Å²) in [6, 6.07) is 0. The van der Waals surface area contributed by atoms with E-state index in [-0.39, 0.29) is 0 Å². The molecule has 0 amide bonds. The summed E-state index contributed by atoms with van der Waals surface area (Å²) in [5.41, 5.74) is 1.08. The van der Waals surface area contributed by atoms with Crippen molar-refractivity contribution in [2.75, 3.05) is 5.88 Å². The van der Waals surface area contributed by atoms with Crippen molar-refractivity contribution in [1.29, 1.82) is 0 Å². The molecule has 0 spiro atoms. The second-order valence-electron chi connectivity index (χ2n) is 4.73. The van der Waals surface area contributed by atoms with Crippen molar-refractivity contribution in [3.05, 3.63) is 11.9 Å². The molecule has 0 radical (unpaired) electrons. The number of hydrogen-bond acceptors (Lipinski definition) is 2. The monoisotopic (exact) mass is 241 g/mol. The Hall–Kier alpha value is -0.570. The molecule has 0 aliphatic heterocycles. The fourth-order valence-corrected chi connectivity index (χ4v) is 2.56. The Kier molecular flexibility index (Phi) is 4.64. The van der Waals surface area contributed by atoms with Crippen molar-refractivity contribution < 1.29 is 0 Å². The summed E-state index contributed by atoms with van der Waals surface area (Å²) in [6.45, 7) is 1.05. The molecule has 16 heavy (non-hydrogen) atoms. The fourth-order valence-electron chi connectivity index (χ4n) is 2.42. The van der Waals surface area contributed by atoms with Crippen LogP contribution in [0.25, 0.3) is 0 Å². The van der Waals surface area contributed by atoms with E-state index in [1.54, 1.807) is 0 Å². The van der Waals surface area contributed by atoms with Crippen molar-refractivity contribution in [3.8, 4) is 0 Å². The zero-order valence-corrected chi connectivity index (χ0v) is 10.5. The molecule has 90 valence electrons. The van der Waals surface area contributed by atoms with Gasteiger partial charge in [0.25, 0.3) is 0 Å². The van der Waals surface area contributed by atoms with Gasteiger partial charge in [0.1, 0.15) is 0 Å². The smallest absolute Gasteiger partial charge is 0.0827 e. The summed E-state index contributed by atoms with van der Waals surface area (Å²) in [5, 5.41) is 8.36. The third-order valence-electron chi connectivity index (χ3n) is 3.32. The van der Waals surface area contributed by atoms with Crippen LogP contribution in [0, 0.1) is 5.92 Å². The summed E-state index contributed by atoms with van der Waals surface area (Å²) < 4.78 is 2.01. The number of aryl methyl sites for hydroxylation is 1. The summed E-state index contributed by atoms with van der Waals surface area (Å²) in [5.74, 6) is 1.52. The molecule has 1 aromatic rings. The summed E-state index contributed by atoms with van der Waals surface area (Å²) in [7, 11) is 0. The average Bonchev–Trinajstić information content (AvgIpc) is 2.75. The highest BCUT2D eigenvalue weighted by atomic mass is 35.5. The zero-order valence-electron chi connectivity index (χ0n) is 9.74.